The number of nitrogens with one attached hydrogen (secondary N) is 1. The molecular formula is C9H10BN2O3S. The largest absolute Gasteiger partial charge is 0.415 e. The van der Waals surface area contributed by atoms with E-state index in [1.54, 1.807) is 24.3 Å². The van der Waals surface area contributed by atoms with Crippen molar-refractivity contribution in [2.24, 2.45) is 0 Å². The number of para-hydroxylation sites is 1. The van der Waals surface area contributed by atoms with Gasteiger partial charge in [-0.2, -0.15) is 0 Å². The average Bonchev–Trinajstić information content (AvgIpc) is 3.01. The first-order valence-corrected chi connectivity index (χ1v) is 6.29. The fraction of sp³-hybridized carbons (Fsp3) is 0.222. The molecule has 0 aliphatic carbocycles. The number of benzene rings is 1. The van der Waals surface area contributed by atoms with Gasteiger partial charge in [-0.3, -0.25) is 4.79 Å². The molecule has 0 unspecified atom stereocenters. The molecule has 1 heterocycles. The highest BCUT2D eigenvalue weighted by molar-refractivity contribution is 8.16. The molecule has 0 saturated carbocycles. The molecule has 1 fully saturated rings. The predicted molar refractivity (Wildman–Crippen MR) is 61.7 cm³/mol. The van der Waals surface area contributed by atoms with Crippen molar-refractivity contribution in [3.05, 3.63) is 30.3 Å². The van der Waals surface area contributed by atoms with E-state index in [-0.39, 0.29) is 0 Å². The lowest BCUT2D eigenvalue weighted by molar-refractivity contribution is 0.268. The second-order valence-corrected chi connectivity index (χ2v) is 5.20. The Bertz CT molecular complexity index is 485. The third-order valence-electron chi connectivity index (χ3n) is 2.06. The van der Waals surface area contributed by atoms with Gasteiger partial charge in [-0.05, 0) is 12.1 Å². The average molecular weight is 237 g/mol. The van der Waals surface area contributed by atoms with E-state index in [2.05, 4.69) is 5.32 Å². The van der Waals surface area contributed by atoms with E-state index in [1.165, 1.54) is 4.31 Å². The minimum atomic E-state index is -3.51. The first kappa shape index (κ1) is 11.2. The van der Waals surface area contributed by atoms with Crippen molar-refractivity contribution in [3.63, 3.8) is 0 Å². The summed E-state index contributed by atoms with van der Waals surface area (Å²) in [4.78, 5) is 11.4. The Morgan fingerprint density at radius 2 is 1.88 bits per heavy atom. The predicted octanol–water partition coefficient (Wildman–Crippen LogP) is 0.483. The van der Waals surface area contributed by atoms with E-state index in [0.29, 0.717) is 25.3 Å². The molecule has 1 aliphatic heterocycles. The van der Waals surface area contributed by atoms with Crippen molar-refractivity contribution < 1.29 is 13.2 Å². The highest BCUT2D eigenvalue weighted by atomic mass is 32.2. The molecule has 5 nitrogen and oxygen atoms in total. The number of anilines is 1. The van der Waals surface area contributed by atoms with Crippen LogP contribution >= 0.6 is 0 Å². The number of hydrogen-bond acceptors (Lipinski definition) is 3. The summed E-state index contributed by atoms with van der Waals surface area (Å²) in [7, 11) is -3.51. The quantitative estimate of drug-likeness (QED) is 0.611. The van der Waals surface area contributed by atoms with Gasteiger partial charge < -0.3 is 5.32 Å². The van der Waals surface area contributed by atoms with E-state index >= 15 is 0 Å². The van der Waals surface area contributed by atoms with Crippen LogP contribution in [0.3, 0.4) is 0 Å². The SMILES string of the molecule is O=C([B]S(=O)(=O)N1CC1)Nc1ccccc1. The zero-order chi connectivity index (χ0) is 11.6. The Hall–Kier alpha value is -1.34. The van der Waals surface area contributed by atoms with Gasteiger partial charge in [-0.25, -0.2) is 12.7 Å². The molecule has 7 heteroatoms. The van der Waals surface area contributed by atoms with E-state index in [9.17, 15) is 13.2 Å². The van der Waals surface area contributed by atoms with Crippen molar-refractivity contribution in [3.8, 4) is 0 Å². The summed E-state index contributed by atoms with van der Waals surface area (Å²) in [5.41, 5.74) is 0.574. The van der Waals surface area contributed by atoms with Crippen molar-refractivity contribution in [1.29, 1.82) is 0 Å². The van der Waals surface area contributed by atoms with E-state index in [1.807, 2.05) is 6.07 Å². The minimum absolute atomic E-state index is 0.497. The van der Waals surface area contributed by atoms with Crippen LogP contribution in [-0.2, 0) is 9.87 Å². The molecular weight excluding hydrogens is 227 g/mol. The molecule has 16 heavy (non-hydrogen) atoms. The van der Waals surface area contributed by atoms with E-state index in [0.717, 1.165) is 0 Å². The molecule has 83 valence electrons. The molecule has 1 radical (unpaired) electrons. The number of hydrogen-bond donors (Lipinski definition) is 1. The van der Waals surface area contributed by atoms with Crippen LogP contribution in [0.2, 0.25) is 0 Å². The van der Waals surface area contributed by atoms with Gasteiger partial charge in [0.1, 0.15) is 0 Å². The van der Waals surface area contributed by atoms with Crippen LogP contribution in [-0.4, -0.2) is 38.2 Å². The summed E-state index contributed by atoms with van der Waals surface area (Å²) >= 11 is 0. The molecule has 0 bridgehead atoms. The summed E-state index contributed by atoms with van der Waals surface area (Å²) in [5.74, 6) is -0.627. The lowest BCUT2D eigenvalue weighted by atomic mass is 10.1. The van der Waals surface area contributed by atoms with Crippen LogP contribution < -0.4 is 5.32 Å². The molecule has 1 amide bonds. The van der Waals surface area contributed by atoms with Crippen molar-refractivity contribution >= 4 is 27.9 Å². The molecule has 1 aromatic rings. The maximum Gasteiger partial charge on any atom is 0.415 e. The van der Waals surface area contributed by atoms with Crippen molar-refractivity contribution in [1.82, 2.24) is 4.31 Å². The standard InChI is InChI=1S/C9H10BN2O3S/c13-9(10-16(14,15)12-6-7-12)11-8-4-2-1-3-5-8/h1-5H,6-7H2,(H,11,13). The third kappa shape index (κ3) is 2.83. The highest BCUT2D eigenvalue weighted by Gasteiger charge is 2.35. The molecule has 0 spiro atoms. The van der Waals surface area contributed by atoms with E-state index < -0.39 is 15.7 Å². The number of carbonyl (C=O) groups excluding carboxylic acids is 1. The van der Waals surface area contributed by atoms with Gasteiger partial charge in [0.15, 0.2) is 15.7 Å². The minimum Gasteiger partial charge on any atom is -0.334 e. The molecule has 1 saturated heterocycles. The lowest BCUT2D eigenvalue weighted by Gasteiger charge is -2.04. The molecule has 1 aliphatic rings. The smallest absolute Gasteiger partial charge is 0.334 e. The van der Waals surface area contributed by atoms with Gasteiger partial charge in [0, 0.05) is 18.8 Å². The fourth-order valence-corrected chi connectivity index (χ4v) is 2.27. The third-order valence-corrected chi connectivity index (χ3v) is 3.66. The van der Waals surface area contributed by atoms with Crippen LogP contribution in [0.5, 0.6) is 0 Å². The number of carbonyl (C=O) groups is 1. The van der Waals surface area contributed by atoms with Crippen LogP contribution in [0, 0.1) is 0 Å². The van der Waals surface area contributed by atoms with Gasteiger partial charge in [-0.1, -0.05) is 18.2 Å². The first-order chi connectivity index (χ1) is 7.58. The first-order valence-electron chi connectivity index (χ1n) is 4.79. The molecule has 1 aromatic carbocycles. The zero-order valence-corrected chi connectivity index (χ0v) is 9.28. The summed E-state index contributed by atoms with van der Waals surface area (Å²) in [5, 5.41) is 2.48. The number of amides is 1. The summed E-state index contributed by atoms with van der Waals surface area (Å²) in [6.07, 6.45) is 0. The normalized spacial score (nSPS) is 15.5. The summed E-state index contributed by atoms with van der Waals surface area (Å²) in [6, 6.07) is 8.71. The van der Waals surface area contributed by atoms with Gasteiger partial charge in [0.2, 0.25) is 0 Å². The van der Waals surface area contributed by atoms with Crippen LogP contribution in [0.15, 0.2) is 30.3 Å². The van der Waals surface area contributed by atoms with Gasteiger partial charge in [0.25, 0.3) is 0 Å². The monoisotopic (exact) mass is 237 g/mol. The Morgan fingerprint density at radius 3 is 2.44 bits per heavy atom. The molecule has 0 atom stereocenters. The van der Waals surface area contributed by atoms with Crippen LogP contribution in [0.25, 0.3) is 0 Å². The molecule has 0 aromatic heterocycles. The second kappa shape index (κ2) is 4.27. The zero-order valence-electron chi connectivity index (χ0n) is 8.46. The van der Waals surface area contributed by atoms with Gasteiger partial charge >= 0.3 is 6.56 Å². The topological polar surface area (TPSA) is 66.2 Å². The Kier molecular flexibility index (Phi) is 2.98. The maximum atomic E-state index is 11.4. The maximum absolute atomic E-state index is 11.4. The summed E-state index contributed by atoms with van der Waals surface area (Å²) in [6.45, 7) is 1.71. The van der Waals surface area contributed by atoms with Gasteiger partial charge in [0.05, 0.1) is 0 Å². The number of nitrogens with zero attached hydrogens (tertiary/aromatic N) is 1. The van der Waals surface area contributed by atoms with Gasteiger partial charge in [-0.15, -0.1) is 0 Å². The van der Waals surface area contributed by atoms with Crippen molar-refractivity contribution in [2.75, 3.05) is 18.4 Å². The Labute approximate surface area is 94.6 Å². The number of rotatable bonds is 4. The molecule has 2 rings (SSSR count). The van der Waals surface area contributed by atoms with Crippen LogP contribution in [0.4, 0.5) is 10.5 Å². The Morgan fingerprint density at radius 1 is 1.25 bits per heavy atom. The van der Waals surface area contributed by atoms with E-state index in [4.69, 9.17) is 0 Å². The molecule has 1 N–H and O–H groups in total. The van der Waals surface area contributed by atoms with Crippen LogP contribution in [0.1, 0.15) is 0 Å². The lowest BCUT2D eigenvalue weighted by Crippen LogP contribution is -2.29. The summed E-state index contributed by atoms with van der Waals surface area (Å²) < 4.78 is 24.0. The van der Waals surface area contributed by atoms with Crippen molar-refractivity contribution in [2.45, 2.75) is 0 Å². The second-order valence-electron chi connectivity index (χ2n) is 3.42. The highest BCUT2D eigenvalue weighted by Crippen LogP contribution is 2.12. The Balaban J connectivity index is 1.94. The fourth-order valence-electron chi connectivity index (χ4n) is 1.20.